The number of amides is 1. The van der Waals surface area contributed by atoms with Crippen LogP contribution in [0.3, 0.4) is 0 Å². The van der Waals surface area contributed by atoms with Crippen LogP contribution >= 0.6 is 0 Å². The van der Waals surface area contributed by atoms with Crippen LogP contribution in [0.5, 0.6) is 5.75 Å². The first-order valence-electron chi connectivity index (χ1n) is 10.2. The van der Waals surface area contributed by atoms with Gasteiger partial charge in [0.25, 0.3) is 5.91 Å². The molecule has 0 aliphatic heterocycles. The number of alkyl halides is 3. The molecule has 3 N–H and O–H groups in total. The van der Waals surface area contributed by atoms with Crippen molar-refractivity contribution in [2.75, 3.05) is 13.7 Å². The Kier molecular flexibility index (Phi) is 6.46. The van der Waals surface area contributed by atoms with Gasteiger partial charge in [0.2, 0.25) is 5.89 Å². The van der Waals surface area contributed by atoms with Crippen LogP contribution in [-0.4, -0.2) is 34.5 Å². The molecule has 0 atom stereocenters. The number of hydrogen-bond acceptors (Lipinski definition) is 7. The van der Waals surface area contributed by atoms with Crippen molar-refractivity contribution in [1.29, 1.82) is 0 Å². The van der Waals surface area contributed by atoms with Crippen LogP contribution in [0, 0.1) is 0 Å². The minimum atomic E-state index is -4.62. The van der Waals surface area contributed by atoms with Crippen molar-refractivity contribution in [3.05, 3.63) is 71.5 Å². The summed E-state index contributed by atoms with van der Waals surface area (Å²) in [6.07, 6.45) is -2.43. The van der Waals surface area contributed by atoms with E-state index in [2.05, 4.69) is 20.3 Å². The quantitative estimate of drug-likeness (QED) is 0.422. The molecule has 1 amide bonds. The number of methoxy groups -OCH3 is 1. The largest absolute Gasteiger partial charge is 0.494 e. The normalized spacial score (nSPS) is 11.6. The zero-order chi connectivity index (χ0) is 24.3. The lowest BCUT2D eigenvalue weighted by atomic mass is 10.1. The van der Waals surface area contributed by atoms with Crippen molar-refractivity contribution in [2.24, 2.45) is 5.73 Å². The minimum absolute atomic E-state index is 0.00218. The lowest BCUT2D eigenvalue weighted by Gasteiger charge is -2.11. The van der Waals surface area contributed by atoms with Crippen LogP contribution in [0.15, 0.2) is 53.1 Å². The molecule has 3 aromatic heterocycles. The Bertz CT molecular complexity index is 1320. The van der Waals surface area contributed by atoms with Gasteiger partial charge in [0.1, 0.15) is 17.0 Å². The Labute approximate surface area is 192 Å². The molecule has 4 aromatic rings. The van der Waals surface area contributed by atoms with Crippen LogP contribution in [0.2, 0.25) is 0 Å². The zero-order valence-corrected chi connectivity index (χ0v) is 18.0. The molecule has 0 radical (unpaired) electrons. The number of pyridine rings is 2. The second-order valence-electron chi connectivity index (χ2n) is 7.23. The van der Waals surface area contributed by atoms with Gasteiger partial charge in [-0.1, -0.05) is 6.07 Å². The molecule has 0 aliphatic carbocycles. The Balaban J connectivity index is 1.66. The molecule has 176 valence electrons. The van der Waals surface area contributed by atoms with Crippen LogP contribution < -0.4 is 15.8 Å². The summed E-state index contributed by atoms with van der Waals surface area (Å²) in [5.74, 6) is -0.150. The number of hydrogen-bond donors (Lipinski definition) is 2. The molecule has 0 spiro atoms. The van der Waals surface area contributed by atoms with Gasteiger partial charge in [-0.15, -0.1) is 0 Å². The number of aromatic nitrogens is 3. The lowest BCUT2D eigenvalue weighted by molar-refractivity contribution is -0.140. The average Bonchev–Trinajstić information content (AvgIpc) is 3.27. The number of benzene rings is 1. The van der Waals surface area contributed by atoms with Gasteiger partial charge in [0.15, 0.2) is 11.5 Å². The third-order valence-corrected chi connectivity index (χ3v) is 5.05. The van der Waals surface area contributed by atoms with Gasteiger partial charge < -0.3 is 20.2 Å². The van der Waals surface area contributed by atoms with Crippen molar-refractivity contribution in [1.82, 2.24) is 20.3 Å². The standard InChI is InChI=1S/C23H20F3N5O3/c1-33-16-7-5-15(14-6-8-18(23(24,25)26)30-19(14)16)22-31-20(17(12-27)34-22)21(32)29-11-9-13-4-2-3-10-28-13/h2-8,10H,9,11-12,27H2,1H3,(H,29,32). The molecule has 0 aliphatic rings. The van der Waals surface area contributed by atoms with Gasteiger partial charge in [-0.3, -0.25) is 9.78 Å². The van der Waals surface area contributed by atoms with E-state index < -0.39 is 17.8 Å². The topological polar surface area (TPSA) is 116 Å². The summed E-state index contributed by atoms with van der Waals surface area (Å²) >= 11 is 0. The third kappa shape index (κ3) is 4.69. The van der Waals surface area contributed by atoms with E-state index >= 15 is 0 Å². The molecule has 8 nitrogen and oxygen atoms in total. The first kappa shape index (κ1) is 23.2. The van der Waals surface area contributed by atoms with Crippen molar-refractivity contribution in [3.63, 3.8) is 0 Å². The molecule has 0 bridgehead atoms. The van der Waals surface area contributed by atoms with E-state index in [1.54, 1.807) is 18.3 Å². The van der Waals surface area contributed by atoms with Crippen molar-refractivity contribution < 1.29 is 27.1 Å². The number of rotatable bonds is 7. The van der Waals surface area contributed by atoms with Gasteiger partial charge in [-0.05, 0) is 36.4 Å². The van der Waals surface area contributed by atoms with Crippen LogP contribution in [0.1, 0.15) is 27.6 Å². The SMILES string of the molecule is COc1ccc(-c2nc(C(=O)NCCc3ccccn3)c(CN)o2)c2ccc(C(F)(F)F)nc12. The number of halogens is 3. The summed E-state index contributed by atoms with van der Waals surface area (Å²) in [5, 5.41) is 3.07. The van der Waals surface area contributed by atoms with E-state index in [4.69, 9.17) is 14.9 Å². The molecular formula is C23H20F3N5O3. The Morgan fingerprint density at radius 2 is 1.97 bits per heavy atom. The van der Waals surface area contributed by atoms with E-state index in [9.17, 15) is 18.0 Å². The predicted octanol–water partition coefficient (Wildman–Crippen LogP) is 3.74. The highest BCUT2D eigenvalue weighted by Gasteiger charge is 2.33. The molecule has 0 fully saturated rings. The Morgan fingerprint density at radius 1 is 1.15 bits per heavy atom. The van der Waals surface area contributed by atoms with E-state index in [-0.39, 0.29) is 35.2 Å². The summed E-state index contributed by atoms with van der Waals surface area (Å²) in [6.45, 7) is 0.220. The van der Waals surface area contributed by atoms with Gasteiger partial charge in [0.05, 0.1) is 13.7 Å². The summed E-state index contributed by atoms with van der Waals surface area (Å²) in [4.78, 5) is 24.9. The predicted molar refractivity (Wildman–Crippen MR) is 117 cm³/mol. The molecule has 0 saturated heterocycles. The van der Waals surface area contributed by atoms with E-state index in [1.807, 2.05) is 12.1 Å². The number of nitrogens with one attached hydrogen (secondary N) is 1. The fraction of sp³-hybridized carbons (Fsp3) is 0.217. The number of nitrogens with two attached hydrogens (primary N) is 1. The van der Waals surface area contributed by atoms with Gasteiger partial charge >= 0.3 is 6.18 Å². The second-order valence-corrected chi connectivity index (χ2v) is 7.23. The molecule has 4 rings (SSSR count). The number of oxazole rings is 1. The zero-order valence-electron chi connectivity index (χ0n) is 18.0. The molecule has 1 aromatic carbocycles. The minimum Gasteiger partial charge on any atom is -0.494 e. The maximum atomic E-state index is 13.2. The van der Waals surface area contributed by atoms with E-state index in [0.717, 1.165) is 11.8 Å². The van der Waals surface area contributed by atoms with Crippen molar-refractivity contribution in [2.45, 2.75) is 19.1 Å². The highest BCUT2D eigenvalue weighted by atomic mass is 19.4. The molecule has 3 heterocycles. The molecule has 0 unspecified atom stereocenters. The second kappa shape index (κ2) is 9.48. The highest BCUT2D eigenvalue weighted by Crippen LogP contribution is 2.36. The maximum absolute atomic E-state index is 13.2. The first-order chi connectivity index (χ1) is 16.3. The van der Waals surface area contributed by atoms with Crippen molar-refractivity contribution >= 4 is 16.8 Å². The molecule has 34 heavy (non-hydrogen) atoms. The summed E-state index contributed by atoms with van der Waals surface area (Å²) in [6, 6.07) is 10.7. The number of nitrogens with zero attached hydrogens (tertiary/aromatic N) is 3. The summed E-state index contributed by atoms with van der Waals surface area (Å²) < 4.78 is 50.4. The van der Waals surface area contributed by atoms with E-state index in [1.165, 1.54) is 19.2 Å². The monoisotopic (exact) mass is 471 g/mol. The smallest absolute Gasteiger partial charge is 0.433 e. The molecule has 11 heteroatoms. The Hall–Kier alpha value is -3.99. The molecule has 0 saturated carbocycles. The summed E-state index contributed by atoms with van der Waals surface area (Å²) in [7, 11) is 1.33. The van der Waals surface area contributed by atoms with E-state index in [0.29, 0.717) is 23.9 Å². The summed E-state index contributed by atoms with van der Waals surface area (Å²) in [5.41, 5.74) is 5.84. The van der Waals surface area contributed by atoms with Crippen molar-refractivity contribution in [3.8, 4) is 17.2 Å². The average molecular weight is 471 g/mol. The van der Waals surface area contributed by atoms with Gasteiger partial charge in [-0.25, -0.2) is 9.97 Å². The van der Waals surface area contributed by atoms with Gasteiger partial charge in [0, 0.05) is 35.8 Å². The van der Waals surface area contributed by atoms with Crippen LogP contribution in [0.25, 0.3) is 22.4 Å². The first-order valence-corrected chi connectivity index (χ1v) is 10.2. The third-order valence-electron chi connectivity index (χ3n) is 5.05. The lowest BCUT2D eigenvalue weighted by Crippen LogP contribution is -2.27. The number of carbonyl (C=O) groups excluding carboxylic acids is 1. The Morgan fingerprint density at radius 3 is 2.65 bits per heavy atom. The maximum Gasteiger partial charge on any atom is 0.433 e. The fourth-order valence-electron chi connectivity index (χ4n) is 3.42. The number of carbonyl (C=O) groups is 1. The highest BCUT2D eigenvalue weighted by molar-refractivity contribution is 5.98. The number of ether oxygens (including phenoxy) is 1. The van der Waals surface area contributed by atoms with Gasteiger partial charge in [-0.2, -0.15) is 13.2 Å². The van der Waals surface area contributed by atoms with Crippen LogP contribution in [-0.2, 0) is 19.1 Å². The molecular weight excluding hydrogens is 451 g/mol. The van der Waals surface area contributed by atoms with Crippen LogP contribution in [0.4, 0.5) is 13.2 Å². The number of fused-ring (bicyclic) bond motifs is 1. The fourth-order valence-corrected chi connectivity index (χ4v) is 3.42.